The van der Waals surface area contributed by atoms with Crippen LogP contribution in [0.25, 0.3) is 0 Å². The van der Waals surface area contributed by atoms with Crippen molar-refractivity contribution in [2.24, 2.45) is 0 Å². The monoisotopic (exact) mass is 346 g/mol. The van der Waals surface area contributed by atoms with E-state index in [0.29, 0.717) is 37.8 Å². The van der Waals surface area contributed by atoms with Gasteiger partial charge in [0.25, 0.3) is 0 Å². The highest BCUT2D eigenvalue weighted by Gasteiger charge is 2.18. The Morgan fingerprint density at radius 3 is 1.36 bits per heavy atom. The number of hydrogen-bond donors (Lipinski definition) is 2. The zero-order valence-electron chi connectivity index (χ0n) is 14.7. The summed E-state index contributed by atoms with van der Waals surface area (Å²) in [7, 11) is 0. The summed E-state index contributed by atoms with van der Waals surface area (Å²) in [5, 5.41) is 0. The molecule has 0 radical (unpaired) electrons. The standard InChI is InChI=1S/C19H26N2O4/c1-19(2,24-13-11-22-17-7-3-15(20)4-8-17)25-14-12-23-18-9-5-16(21)6-10-18/h3-10H,11-14,20-21H2,1-2H3. The van der Waals surface area contributed by atoms with Crippen molar-refractivity contribution in [3.05, 3.63) is 48.5 Å². The summed E-state index contributed by atoms with van der Waals surface area (Å²) in [6, 6.07) is 14.5. The van der Waals surface area contributed by atoms with Crippen LogP contribution in [-0.2, 0) is 9.47 Å². The number of nitrogen functional groups attached to an aromatic ring is 2. The van der Waals surface area contributed by atoms with Gasteiger partial charge in [0, 0.05) is 11.4 Å². The highest BCUT2D eigenvalue weighted by Crippen LogP contribution is 2.15. The van der Waals surface area contributed by atoms with Crippen LogP contribution < -0.4 is 20.9 Å². The molecule has 2 rings (SSSR count). The maximum absolute atomic E-state index is 5.70. The van der Waals surface area contributed by atoms with E-state index in [1.165, 1.54) is 0 Å². The fourth-order valence-corrected chi connectivity index (χ4v) is 2.06. The molecule has 0 heterocycles. The smallest absolute Gasteiger partial charge is 0.163 e. The molecule has 0 atom stereocenters. The van der Waals surface area contributed by atoms with Crippen molar-refractivity contribution in [1.82, 2.24) is 0 Å². The lowest BCUT2D eigenvalue weighted by molar-refractivity contribution is -0.218. The third-order valence-electron chi connectivity index (χ3n) is 3.36. The second kappa shape index (κ2) is 9.15. The van der Waals surface area contributed by atoms with Crippen LogP contribution in [0.15, 0.2) is 48.5 Å². The highest BCUT2D eigenvalue weighted by molar-refractivity contribution is 5.42. The van der Waals surface area contributed by atoms with Gasteiger partial charge < -0.3 is 30.4 Å². The molecule has 25 heavy (non-hydrogen) atoms. The van der Waals surface area contributed by atoms with E-state index in [0.717, 1.165) is 11.5 Å². The lowest BCUT2D eigenvalue weighted by Crippen LogP contribution is -2.32. The van der Waals surface area contributed by atoms with E-state index in [1.54, 1.807) is 24.3 Å². The maximum atomic E-state index is 5.70. The molecule has 0 aliphatic carbocycles. The molecular weight excluding hydrogens is 320 g/mol. The zero-order chi connectivity index (χ0) is 18.1. The molecule has 0 aromatic heterocycles. The first kappa shape index (κ1) is 18.9. The van der Waals surface area contributed by atoms with E-state index >= 15 is 0 Å². The van der Waals surface area contributed by atoms with E-state index < -0.39 is 5.79 Å². The van der Waals surface area contributed by atoms with E-state index in [9.17, 15) is 0 Å². The van der Waals surface area contributed by atoms with Crippen LogP contribution in [0.1, 0.15) is 13.8 Å². The minimum atomic E-state index is -0.713. The summed E-state index contributed by atoms with van der Waals surface area (Å²) in [5.41, 5.74) is 12.7. The Hall–Kier alpha value is -2.44. The molecule has 0 bridgehead atoms. The molecule has 0 fully saturated rings. The van der Waals surface area contributed by atoms with Gasteiger partial charge in [0.15, 0.2) is 5.79 Å². The summed E-state index contributed by atoms with van der Waals surface area (Å²) >= 11 is 0. The highest BCUT2D eigenvalue weighted by atomic mass is 16.7. The molecule has 0 amide bonds. The van der Waals surface area contributed by atoms with E-state index in [4.69, 9.17) is 30.4 Å². The Labute approximate surface area is 148 Å². The molecule has 4 N–H and O–H groups in total. The van der Waals surface area contributed by atoms with Gasteiger partial charge in [-0.05, 0) is 62.4 Å². The minimum absolute atomic E-state index is 0.413. The van der Waals surface area contributed by atoms with Gasteiger partial charge in [0.05, 0.1) is 13.2 Å². The van der Waals surface area contributed by atoms with Crippen molar-refractivity contribution in [3.63, 3.8) is 0 Å². The summed E-state index contributed by atoms with van der Waals surface area (Å²) in [6.07, 6.45) is 0. The predicted octanol–water partition coefficient (Wildman–Crippen LogP) is 3.08. The number of nitrogens with two attached hydrogens (primary N) is 2. The van der Waals surface area contributed by atoms with Crippen molar-refractivity contribution < 1.29 is 18.9 Å². The van der Waals surface area contributed by atoms with E-state index in [-0.39, 0.29) is 0 Å². The first-order valence-corrected chi connectivity index (χ1v) is 8.19. The van der Waals surface area contributed by atoms with E-state index in [2.05, 4.69) is 0 Å². The molecule has 0 unspecified atom stereocenters. The molecule has 6 nitrogen and oxygen atoms in total. The summed E-state index contributed by atoms with van der Waals surface area (Å²) in [6.45, 7) is 5.41. The molecule has 0 aliphatic rings. The third-order valence-corrected chi connectivity index (χ3v) is 3.36. The number of benzene rings is 2. The molecule has 0 saturated carbocycles. The van der Waals surface area contributed by atoms with Gasteiger partial charge in [-0.2, -0.15) is 0 Å². The van der Waals surface area contributed by atoms with Crippen molar-refractivity contribution >= 4 is 11.4 Å². The summed E-state index contributed by atoms with van der Waals surface area (Å²) < 4.78 is 22.6. The zero-order valence-corrected chi connectivity index (χ0v) is 14.7. The fourth-order valence-electron chi connectivity index (χ4n) is 2.06. The van der Waals surface area contributed by atoms with Crippen LogP contribution in [0, 0.1) is 0 Å². The summed E-state index contributed by atoms with van der Waals surface area (Å²) in [5.74, 6) is 0.802. The fraction of sp³-hybridized carbons (Fsp3) is 0.368. The number of ether oxygens (including phenoxy) is 4. The Morgan fingerprint density at radius 2 is 1.00 bits per heavy atom. The molecule has 0 aliphatic heterocycles. The average Bonchev–Trinajstić information content (AvgIpc) is 2.59. The lowest BCUT2D eigenvalue weighted by Gasteiger charge is -2.25. The van der Waals surface area contributed by atoms with Gasteiger partial charge in [-0.3, -0.25) is 0 Å². The second-order valence-corrected chi connectivity index (χ2v) is 5.93. The molecule has 0 saturated heterocycles. The largest absolute Gasteiger partial charge is 0.491 e. The van der Waals surface area contributed by atoms with E-state index in [1.807, 2.05) is 38.1 Å². The van der Waals surface area contributed by atoms with Gasteiger partial charge in [-0.15, -0.1) is 0 Å². The lowest BCUT2D eigenvalue weighted by atomic mass is 10.3. The van der Waals surface area contributed by atoms with Gasteiger partial charge in [-0.25, -0.2) is 0 Å². The van der Waals surface area contributed by atoms with Crippen molar-refractivity contribution in [2.45, 2.75) is 19.6 Å². The number of anilines is 2. The minimum Gasteiger partial charge on any atom is -0.491 e. The Kier molecular flexibility index (Phi) is 6.91. The van der Waals surface area contributed by atoms with Crippen LogP contribution in [0.4, 0.5) is 11.4 Å². The van der Waals surface area contributed by atoms with Crippen LogP contribution in [0.3, 0.4) is 0 Å². The molecule has 0 spiro atoms. The summed E-state index contributed by atoms with van der Waals surface area (Å²) in [4.78, 5) is 0. The average molecular weight is 346 g/mol. The molecule has 136 valence electrons. The predicted molar refractivity (Wildman–Crippen MR) is 98.7 cm³/mol. The maximum Gasteiger partial charge on any atom is 0.163 e. The van der Waals surface area contributed by atoms with Crippen molar-refractivity contribution in [2.75, 3.05) is 37.9 Å². The van der Waals surface area contributed by atoms with Gasteiger partial charge in [0.1, 0.15) is 24.7 Å². The quantitative estimate of drug-likeness (QED) is 0.390. The molecule has 6 heteroatoms. The first-order chi connectivity index (χ1) is 11.9. The molecule has 2 aromatic carbocycles. The van der Waals surface area contributed by atoms with Crippen LogP contribution in [0.5, 0.6) is 11.5 Å². The molecule has 2 aromatic rings. The Bertz CT molecular complexity index is 571. The number of rotatable bonds is 10. The normalized spacial score (nSPS) is 11.3. The van der Waals surface area contributed by atoms with Crippen LogP contribution in [0.2, 0.25) is 0 Å². The number of hydrogen-bond acceptors (Lipinski definition) is 6. The van der Waals surface area contributed by atoms with Crippen molar-refractivity contribution in [3.8, 4) is 11.5 Å². The van der Waals surface area contributed by atoms with Crippen molar-refractivity contribution in [1.29, 1.82) is 0 Å². The third kappa shape index (κ3) is 7.32. The van der Waals surface area contributed by atoms with Gasteiger partial charge >= 0.3 is 0 Å². The molecular formula is C19H26N2O4. The topological polar surface area (TPSA) is 89.0 Å². The van der Waals surface area contributed by atoms with Gasteiger partial charge in [-0.1, -0.05) is 0 Å². The van der Waals surface area contributed by atoms with Gasteiger partial charge in [0.2, 0.25) is 0 Å². The first-order valence-electron chi connectivity index (χ1n) is 8.19. The van der Waals surface area contributed by atoms with Crippen LogP contribution in [-0.4, -0.2) is 32.2 Å². The van der Waals surface area contributed by atoms with Crippen LogP contribution >= 0.6 is 0 Å². The SMILES string of the molecule is CC(C)(OCCOc1ccc(N)cc1)OCCOc1ccc(N)cc1. The Morgan fingerprint density at radius 1 is 0.640 bits per heavy atom. The second-order valence-electron chi connectivity index (χ2n) is 5.93. The Balaban J connectivity index is 1.59.